The zero-order valence-electron chi connectivity index (χ0n) is 11.7. The maximum absolute atomic E-state index is 4.63. The van der Waals surface area contributed by atoms with Gasteiger partial charge in [-0.15, -0.1) is 0 Å². The number of nitrogens with zero attached hydrogens (tertiary/aromatic N) is 2. The Morgan fingerprint density at radius 2 is 1.90 bits per heavy atom. The molecule has 1 aliphatic carbocycles. The van der Waals surface area contributed by atoms with E-state index in [1.165, 1.54) is 24.0 Å². The van der Waals surface area contributed by atoms with Crippen molar-refractivity contribution in [3.05, 3.63) is 51.9 Å². The summed E-state index contributed by atoms with van der Waals surface area (Å²) in [5.41, 5.74) is 2.54. The minimum atomic E-state index is 0.226. The average molecular weight is 332 g/mol. The van der Waals surface area contributed by atoms with Gasteiger partial charge < -0.3 is 5.32 Å². The number of rotatable bonds is 4. The van der Waals surface area contributed by atoms with Gasteiger partial charge in [-0.2, -0.15) is 0 Å². The zero-order valence-corrected chi connectivity index (χ0v) is 13.3. The Hall–Kier alpha value is -1.42. The molecule has 0 radical (unpaired) electrons. The molecule has 1 heterocycles. The minimum Gasteiger partial charge on any atom is -0.363 e. The van der Waals surface area contributed by atoms with Crippen LogP contribution in [0.2, 0.25) is 0 Å². The lowest BCUT2D eigenvalue weighted by Crippen LogP contribution is -2.09. The van der Waals surface area contributed by atoms with Crippen LogP contribution in [0.3, 0.4) is 0 Å². The van der Waals surface area contributed by atoms with Gasteiger partial charge in [0.15, 0.2) is 0 Å². The number of aromatic nitrogens is 2. The summed E-state index contributed by atoms with van der Waals surface area (Å²) in [4.78, 5) is 9.08. The van der Waals surface area contributed by atoms with Crippen LogP contribution in [-0.4, -0.2) is 9.97 Å². The van der Waals surface area contributed by atoms with E-state index >= 15 is 0 Å². The predicted octanol–water partition coefficient (Wildman–Crippen LogP) is 4.60. The van der Waals surface area contributed by atoms with Gasteiger partial charge >= 0.3 is 0 Å². The van der Waals surface area contributed by atoms with Crippen molar-refractivity contribution in [2.24, 2.45) is 0 Å². The molecule has 1 aromatic heterocycles. The standard InChI is InChI=1S/C16H18BrN3/c1-10-3-5-12(6-4-10)11(2)18-15-9-14(17)19-16(20-15)13-7-8-13/h3-6,9,11,13H,7-8H2,1-2H3,(H,18,19,20). The molecule has 2 aromatic rings. The molecule has 20 heavy (non-hydrogen) atoms. The Labute approximate surface area is 128 Å². The van der Waals surface area contributed by atoms with E-state index < -0.39 is 0 Å². The number of aryl methyl sites for hydroxylation is 1. The Bertz CT molecular complexity index is 606. The first-order chi connectivity index (χ1) is 9.61. The first-order valence-electron chi connectivity index (χ1n) is 6.99. The second-order valence-corrected chi connectivity index (χ2v) is 6.30. The van der Waals surface area contributed by atoms with Crippen molar-refractivity contribution < 1.29 is 0 Å². The zero-order chi connectivity index (χ0) is 14.1. The molecule has 0 bridgehead atoms. The largest absolute Gasteiger partial charge is 0.363 e. The van der Waals surface area contributed by atoms with Gasteiger partial charge in [0.25, 0.3) is 0 Å². The van der Waals surface area contributed by atoms with Crippen molar-refractivity contribution in [3.8, 4) is 0 Å². The molecule has 104 valence electrons. The van der Waals surface area contributed by atoms with Crippen molar-refractivity contribution in [2.75, 3.05) is 5.32 Å². The molecular weight excluding hydrogens is 314 g/mol. The summed E-state index contributed by atoms with van der Waals surface area (Å²) >= 11 is 3.47. The molecule has 0 spiro atoms. The van der Waals surface area contributed by atoms with E-state index in [2.05, 4.69) is 69.3 Å². The Balaban J connectivity index is 1.78. The second kappa shape index (κ2) is 5.52. The molecule has 1 fully saturated rings. The summed E-state index contributed by atoms with van der Waals surface area (Å²) in [5, 5.41) is 3.46. The van der Waals surface area contributed by atoms with Gasteiger partial charge in [-0.25, -0.2) is 9.97 Å². The van der Waals surface area contributed by atoms with E-state index in [0.29, 0.717) is 5.92 Å². The number of halogens is 1. The van der Waals surface area contributed by atoms with E-state index in [4.69, 9.17) is 0 Å². The molecule has 1 atom stereocenters. The topological polar surface area (TPSA) is 37.8 Å². The molecule has 1 saturated carbocycles. The van der Waals surface area contributed by atoms with Gasteiger partial charge in [-0.1, -0.05) is 29.8 Å². The molecule has 1 aliphatic rings. The quantitative estimate of drug-likeness (QED) is 0.832. The first kappa shape index (κ1) is 13.6. The van der Waals surface area contributed by atoms with Crippen molar-refractivity contribution in [1.29, 1.82) is 0 Å². The molecule has 1 aromatic carbocycles. The molecule has 0 aliphatic heterocycles. The van der Waals surface area contributed by atoms with E-state index in [9.17, 15) is 0 Å². The van der Waals surface area contributed by atoms with Crippen molar-refractivity contribution in [1.82, 2.24) is 9.97 Å². The van der Waals surface area contributed by atoms with Crippen LogP contribution in [0.25, 0.3) is 0 Å². The Morgan fingerprint density at radius 1 is 1.20 bits per heavy atom. The summed E-state index contributed by atoms with van der Waals surface area (Å²) in [6, 6.07) is 10.8. The summed E-state index contributed by atoms with van der Waals surface area (Å²) in [6.45, 7) is 4.25. The van der Waals surface area contributed by atoms with Crippen molar-refractivity contribution in [2.45, 2.75) is 38.6 Å². The fraction of sp³-hybridized carbons (Fsp3) is 0.375. The van der Waals surface area contributed by atoms with Gasteiger partial charge in [-0.05, 0) is 48.2 Å². The van der Waals surface area contributed by atoms with Crippen LogP contribution in [0.5, 0.6) is 0 Å². The lowest BCUT2D eigenvalue weighted by atomic mass is 10.1. The third kappa shape index (κ3) is 3.18. The molecule has 1 unspecified atom stereocenters. The summed E-state index contributed by atoms with van der Waals surface area (Å²) < 4.78 is 0.855. The number of benzene rings is 1. The van der Waals surface area contributed by atoms with Crippen molar-refractivity contribution in [3.63, 3.8) is 0 Å². The van der Waals surface area contributed by atoms with Crippen LogP contribution in [0.15, 0.2) is 34.9 Å². The Morgan fingerprint density at radius 3 is 2.55 bits per heavy atom. The van der Waals surface area contributed by atoms with Gasteiger partial charge in [-0.3, -0.25) is 0 Å². The first-order valence-corrected chi connectivity index (χ1v) is 7.78. The fourth-order valence-electron chi connectivity index (χ4n) is 2.19. The van der Waals surface area contributed by atoms with Crippen LogP contribution >= 0.6 is 15.9 Å². The third-order valence-corrected chi connectivity index (χ3v) is 4.00. The van der Waals surface area contributed by atoms with E-state index in [1.54, 1.807) is 0 Å². The van der Waals surface area contributed by atoms with E-state index in [-0.39, 0.29) is 6.04 Å². The highest BCUT2D eigenvalue weighted by Gasteiger charge is 2.27. The average Bonchev–Trinajstić information content (AvgIpc) is 3.23. The van der Waals surface area contributed by atoms with Gasteiger partial charge in [0.1, 0.15) is 16.2 Å². The summed E-state index contributed by atoms with van der Waals surface area (Å²) in [6.07, 6.45) is 2.42. The monoisotopic (exact) mass is 331 g/mol. The smallest absolute Gasteiger partial charge is 0.135 e. The number of anilines is 1. The van der Waals surface area contributed by atoms with E-state index in [0.717, 1.165) is 16.2 Å². The van der Waals surface area contributed by atoms with Crippen LogP contribution in [-0.2, 0) is 0 Å². The number of hydrogen-bond acceptors (Lipinski definition) is 3. The molecule has 0 saturated heterocycles. The van der Waals surface area contributed by atoms with Crippen molar-refractivity contribution >= 4 is 21.7 Å². The maximum atomic E-state index is 4.63. The lowest BCUT2D eigenvalue weighted by Gasteiger charge is -2.16. The minimum absolute atomic E-state index is 0.226. The third-order valence-electron chi connectivity index (χ3n) is 3.60. The molecular formula is C16H18BrN3. The van der Waals surface area contributed by atoms with Crippen LogP contribution in [0.1, 0.15) is 48.7 Å². The normalized spacial score (nSPS) is 15.9. The highest BCUT2D eigenvalue weighted by Crippen LogP contribution is 2.39. The summed E-state index contributed by atoms with van der Waals surface area (Å²) in [5.74, 6) is 2.41. The van der Waals surface area contributed by atoms with Gasteiger partial charge in [0, 0.05) is 18.0 Å². The number of hydrogen-bond donors (Lipinski definition) is 1. The lowest BCUT2D eigenvalue weighted by molar-refractivity contribution is 0.850. The van der Waals surface area contributed by atoms with Crippen LogP contribution in [0, 0.1) is 6.92 Å². The molecule has 1 N–H and O–H groups in total. The molecule has 4 heteroatoms. The molecule has 3 nitrogen and oxygen atoms in total. The highest BCUT2D eigenvalue weighted by molar-refractivity contribution is 9.10. The van der Waals surface area contributed by atoms with Crippen LogP contribution < -0.4 is 5.32 Å². The predicted molar refractivity (Wildman–Crippen MR) is 84.9 cm³/mol. The molecule has 0 amide bonds. The fourth-order valence-corrected chi connectivity index (χ4v) is 2.59. The molecule has 3 rings (SSSR count). The summed E-state index contributed by atoms with van der Waals surface area (Å²) in [7, 11) is 0. The second-order valence-electron chi connectivity index (χ2n) is 5.49. The van der Waals surface area contributed by atoms with Gasteiger partial charge in [0.2, 0.25) is 0 Å². The Kier molecular flexibility index (Phi) is 3.74. The van der Waals surface area contributed by atoms with Gasteiger partial charge in [0.05, 0.1) is 0 Å². The van der Waals surface area contributed by atoms with E-state index in [1.807, 2.05) is 6.07 Å². The van der Waals surface area contributed by atoms with Crippen LogP contribution in [0.4, 0.5) is 5.82 Å². The highest BCUT2D eigenvalue weighted by atomic mass is 79.9. The number of nitrogens with one attached hydrogen (secondary N) is 1. The SMILES string of the molecule is Cc1ccc(C(C)Nc2cc(Br)nc(C3CC3)n2)cc1. The maximum Gasteiger partial charge on any atom is 0.135 e.